The van der Waals surface area contributed by atoms with Gasteiger partial charge in [0.25, 0.3) is 0 Å². The van der Waals surface area contributed by atoms with Crippen molar-refractivity contribution in [1.29, 1.82) is 0 Å². The first-order chi connectivity index (χ1) is 8.09. The van der Waals surface area contributed by atoms with Gasteiger partial charge in [0.15, 0.2) is 0 Å². The Morgan fingerprint density at radius 3 is 2.71 bits per heavy atom. The van der Waals surface area contributed by atoms with Gasteiger partial charge in [0.05, 0.1) is 6.42 Å². The smallest absolute Gasteiger partial charge is 0.407 e. The number of nitrogens with one attached hydrogen (secondary N) is 1. The van der Waals surface area contributed by atoms with Crippen LogP contribution in [0.5, 0.6) is 0 Å². The zero-order valence-corrected chi connectivity index (χ0v) is 9.60. The first-order valence-corrected chi connectivity index (χ1v) is 5.26. The van der Waals surface area contributed by atoms with Crippen LogP contribution in [0.4, 0.5) is 4.79 Å². The number of aryl methyl sites for hydroxylation is 1. The molecule has 1 rings (SSSR count). The van der Waals surface area contributed by atoms with Crippen molar-refractivity contribution in [3.8, 4) is 0 Å². The number of carboxylic acid groups (broad SMARTS) is 1. The van der Waals surface area contributed by atoms with E-state index < -0.39 is 12.1 Å². The van der Waals surface area contributed by atoms with Crippen LogP contribution in [-0.2, 0) is 16.1 Å². The van der Waals surface area contributed by atoms with E-state index in [0.717, 1.165) is 11.1 Å². The molecule has 0 saturated carbocycles. The summed E-state index contributed by atoms with van der Waals surface area (Å²) >= 11 is 0. The van der Waals surface area contributed by atoms with Crippen molar-refractivity contribution < 1.29 is 19.4 Å². The molecule has 92 valence electrons. The molecule has 0 heterocycles. The molecule has 0 saturated heterocycles. The third kappa shape index (κ3) is 5.01. The largest absolute Gasteiger partial charge is 0.481 e. The number of amides is 1. The fourth-order valence-electron chi connectivity index (χ4n) is 1.24. The van der Waals surface area contributed by atoms with Crippen molar-refractivity contribution in [3.05, 3.63) is 35.4 Å². The number of rotatable bonds is 5. The van der Waals surface area contributed by atoms with Crippen LogP contribution in [0.15, 0.2) is 24.3 Å². The summed E-state index contributed by atoms with van der Waals surface area (Å²) in [7, 11) is 0. The van der Waals surface area contributed by atoms with E-state index in [4.69, 9.17) is 9.84 Å². The van der Waals surface area contributed by atoms with Crippen LogP contribution >= 0.6 is 0 Å². The Balaban J connectivity index is 2.29. The molecule has 0 aromatic heterocycles. The standard InChI is InChI=1S/C12H15NO4/c1-9-4-2-3-5-10(9)8-17-12(16)13-7-6-11(14)15/h2-5H,6-8H2,1H3,(H,13,16)(H,14,15). The van der Waals surface area contributed by atoms with Crippen molar-refractivity contribution in [2.45, 2.75) is 20.0 Å². The minimum atomic E-state index is -0.954. The van der Waals surface area contributed by atoms with Gasteiger partial charge in [0, 0.05) is 6.54 Å². The van der Waals surface area contributed by atoms with Crippen molar-refractivity contribution in [2.24, 2.45) is 0 Å². The third-order valence-electron chi connectivity index (χ3n) is 2.23. The quantitative estimate of drug-likeness (QED) is 0.817. The average Bonchev–Trinajstić information content (AvgIpc) is 2.27. The molecule has 0 aliphatic heterocycles. The molecule has 0 atom stereocenters. The Morgan fingerprint density at radius 2 is 2.06 bits per heavy atom. The van der Waals surface area contributed by atoms with Gasteiger partial charge in [-0.05, 0) is 18.1 Å². The Hall–Kier alpha value is -2.04. The molecule has 5 nitrogen and oxygen atoms in total. The summed E-state index contributed by atoms with van der Waals surface area (Å²) in [6, 6.07) is 7.58. The van der Waals surface area contributed by atoms with Crippen molar-refractivity contribution in [1.82, 2.24) is 5.32 Å². The summed E-state index contributed by atoms with van der Waals surface area (Å²) in [5.41, 5.74) is 1.98. The number of ether oxygens (including phenoxy) is 1. The zero-order chi connectivity index (χ0) is 12.7. The van der Waals surface area contributed by atoms with E-state index in [1.165, 1.54) is 0 Å². The Bertz CT molecular complexity index is 403. The molecule has 5 heteroatoms. The predicted octanol–water partition coefficient (Wildman–Crippen LogP) is 1.70. The summed E-state index contributed by atoms with van der Waals surface area (Å²) < 4.78 is 4.95. The maximum Gasteiger partial charge on any atom is 0.407 e. The van der Waals surface area contributed by atoms with Crippen molar-refractivity contribution in [3.63, 3.8) is 0 Å². The van der Waals surface area contributed by atoms with Crippen LogP contribution < -0.4 is 5.32 Å². The summed E-state index contributed by atoms with van der Waals surface area (Å²) in [6.07, 6.45) is -0.714. The number of hydrogen-bond donors (Lipinski definition) is 2. The SMILES string of the molecule is Cc1ccccc1COC(=O)NCCC(=O)O. The fraction of sp³-hybridized carbons (Fsp3) is 0.333. The highest BCUT2D eigenvalue weighted by Crippen LogP contribution is 2.07. The summed E-state index contributed by atoms with van der Waals surface area (Å²) in [5.74, 6) is -0.954. The number of benzene rings is 1. The lowest BCUT2D eigenvalue weighted by Gasteiger charge is -2.07. The Labute approximate surface area is 99.4 Å². The van der Waals surface area contributed by atoms with Crippen LogP contribution in [0.2, 0.25) is 0 Å². The molecule has 0 spiro atoms. The molecule has 1 amide bonds. The molecule has 0 radical (unpaired) electrons. The molecular formula is C12H15NO4. The van der Waals surface area contributed by atoms with Gasteiger partial charge in [-0.1, -0.05) is 24.3 Å². The molecule has 1 aromatic rings. The second-order valence-corrected chi connectivity index (χ2v) is 3.57. The van der Waals surface area contributed by atoms with E-state index in [1.54, 1.807) is 0 Å². The Kier molecular flexibility index (Phi) is 5.00. The molecule has 2 N–H and O–H groups in total. The lowest BCUT2D eigenvalue weighted by molar-refractivity contribution is -0.136. The van der Waals surface area contributed by atoms with Gasteiger partial charge in [0.2, 0.25) is 0 Å². The number of carboxylic acids is 1. The second kappa shape index (κ2) is 6.52. The van der Waals surface area contributed by atoms with Crippen LogP contribution in [0.1, 0.15) is 17.5 Å². The minimum absolute atomic E-state index is 0.0714. The fourth-order valence-corrected chi connectivity index (χ4v) is 1.24. The highest BCUT2D eigenvalue weighted by Gasteiger charge is 2.04. The van der Waals surface area contributed by atoms with Crippen LogP contribution in [0.25, 0.3) is 0 Å². The maximum atomic E-state index is 11.2. The van der Waals surface area contributed by atoms with E-state index in [2.05, 4.69) is 5.32 Å². The molecule has 0 aliphatic rings. The molecule has 0 unspecified atom stereocenters. The van der Waals surface area contributed by atoms with Gasteiger partial charge in [-0.3, -0.25) is 4.79 Å². The number of hydrogen-bond acceptors (Lipinski definition) is 3. The average molecular weight is 237 g/mol. The van der Waals surface area contributed by atoms with Gasteiger partial charge >= 0.3 is 12.1 Å². The number of alkyl carbamates (subject to hydrolysis) is 1. The van der Waals surface area contributed by atoms with E-state index in [9.17, 15) is 9.59 Å². The Morgan fingerprint density at radius 1 is 1.35 bits per heavy atom. The molecular weight excluding hydrogens is 222 g/mol. The van der Waals surface area contributed by atoms with E-state index in [0.29, 0.717) is 0 Å². The van der Waals surface area contributed by atoms with E-state index >= 15 is 0 Å². The monoisotopic (exact) mass is 237 g/mol. The topological polar surface area (TPSA) is 75.6 Å². The summed E-state index contributed by atoms with van der Waals surface area (Å²) in [4.78, 5) is 21.4. The predicted molar refractivity (Wildman–Crippen MR) is 61.6 cm³/mol. The van der Waals surface area contributed by atoms with Crippen molar-refractivity contribution >= 4 is 12.1 Å². The van der Waals surface area contributed by atoms with Crippen LogP contribution in [-0.4, -0.2) is 23.7 Å². The highest BCUT2D eigenvalue weighted by atomic mass is 16.5. The lowest BCUT2D eigenvalue weighted by atomic mass is 10.1. The van der Waals surface area contributed by atoms with Gasteiger partial charge < -0.3 is 15.2 Å². The second-order valence-electron chi connectivity index (χ2n) is 3.57. The van der Waals surface area contributed by atoms with Crippen LogP contribution in [0.3, 0.4) is 0 Å². The maximum absolute atomic E-state index is 11.2. The normalized spacial score (nSPS) is 9.71. The van der Waals surface area contributed by atoms with Gasteiger partial charge in [-0.25, -0.2) is 4.79 Å². The van der Waals surface area contributed by atoms with Gasteiger partial charge in [-0.2, -0.15) is 0 Å². The van der Waals surface area contributed by atoms with Gasteiger partial charge in [0.1, 0.15) is 6.61 Å². The van der Waals surface area contributed by atoms with Crippen LogP contribution in [0, 0.1) is 6.92 Å². The molecule has 1 aromatic carbocycles. The molecule has 0 bridgehead atoms. The number of carbonyl (C=O) groups is 2. The summed E-state index contributed by atoms with van der Waals surface area (Å²) in [6.45, 7) is 2.19. The lowest BCUT2D eigenvalue weighted by Crippen LogP contribution is -2.26. The van der Waals surface area contributed by atoms with Gasteiger partial charge in [-0.15, -0.1) is 0 Å². The summed E-state index contributed by atoms with van der Waals surface area (Å²) in [5, 5.41) is 10.7. The molecule has 0 aliphatic carbocycles. The third-order valence-corrected chi connectivity index (χ3v) is 2.23. The number of aliphatic carboxylic acids is 1. The molecule has 0 fully saturated rings. The number of carbonyl (C=O) groups excluding carboxylic acids is 1. The minimum Gasteiger partial charge on any atom is -0.481 e. The zero-order valence-electron chi connectivity index (χ0n) is 9.60. The van der Waals surface area contributed by atoms with E-state index in [-0.39, 0.29) is 19.6 Å². The first-order valence-electron chi connectivity index (χ1n) is 5.26. The highest BCUT2D eigenvalue weighted by molar-refractivity contribution is 5.70. The van der Waals surface area contributed by atoms with Crippen molar-refractivity contribution in [2.75, 3.05) is 6.54 Å². The van der Waals surface area contributed by atoms with E-state index in [1.807, 2.05) is 31.2 Å². The molecule has 17 heavy (non-hydrogen) atoms. The first kappa shape index (κ1) is 13.0.